The molecule has 1 aliphatic heterocycles. The minimum absolute atomic E-state index is 0.218. The zero-order chi connectivity index (χ0) is 22.3. The van der Waals surface area contributed by atoms with E-state index in [1.807, 2.05) is 58.0 Å². The van der Waals surface area contributed by atoms with Crippen molar-refractivity contribution in [3.63, 3.8) is 0 Å². The number of nitrogens with zero attached hydrogens (tertiary/aromatic N) is 2. The fraction of sp³-hybridized carbons (Fsp3) is 0.560. The predicted octanol–water partition coefficient (Wildman–Crippen LogP) is 4.64. The molecule has 168 valence electrons. The molecule has 6 nitrogen and oxygen atoms in total. The third-order valence-electron chi connectivity index (χ3n) is 5.37. The van der Waals surface area contributed by atoms with Gasteiger partial charge in [-0.2, -0.15) is 0 Å². The summed E-state index contributed by atoms with van der Waals surface area (Å²) in [5.41, 5.74) is 1.30. The van der Waals surface area contributed by atoms with Crippen molar-refractivity contribution in [2.45, 2.75) is 72.0 Å². The number of rotatable bonds is 8. The molecular weight excluding hydrogens is 390 g/mol. The average molecular weight is 426 g/mol. The number of carbonyl (C=O) groups excluding carboxylic acids is 1. The summed E-state index contributed by atoms with van der Waals surface area (Å²) in [4.78, 5) is 22.2. The molecular formula is C25H35N3O3. The Morgan fingerprint density at radius 2 is 1.84 bits per heavy atom. The summed E-state index contributed by atoms with van der Waals surface area (Å²) in [7, 11) is 0. The van der Waals surface area contributed by atoms with Gasteiger partial charge in [-0.3, -0.25) is 0 Å². The first-order valence-electron chi connectivity index (χ1n) is 11.3. The zero-order valence-corrected chi connectivity index (χ0v) is 19.2. The molecule has 0 saturated carbocycles. The molecule has 1 N–H and O–H groups in total. The molecule has 1 fully saturated rings. The van der Waals surface area contributed by atoms with Crippen LogP contribution in [0.15, 0.2) is 30.3 Å². The van der Waals surface area contributed by atoms with Crippen LogP contribution in [0.3, 0.4) is 0 Å². The lowest BCUT2D eigenvalue weighted by atomic mass is 9.92. The molecule has 1 saturated heterocycles. The first-order chi connectivity index (χ1) is 14.8. The first kappa shape index (κ1) is 23.2. The topological polar surface area (TPSA) is 73.3 Å². The lowest BCUT2D eigenvalue weighted by molar-refractivity contribution is 0.00573. The maximum absolute atomic E-state index is 12.9. The lowest BCUT2D eigenvalue weighted by Gasteiger charge is -2.22. The van der Waals surface area contributed by atoms with Gasteiger partial charge in [-0.1, -0.05) is 30.3 Å². The molecule has 0 bridgehead atoms. The van der Waals surface area contributed by atoms with E-state index in [0.717, 1.165) is 43.8 Å². The number of nitrogens with one attached hydrogen (secondary N) is 1. The van der Waals surface area contributed by atoms with Gasteiger partial charge in [0.25, 0.3) is 0 Å². The summed E-state index contributed by atoms with van der Waals surface area (Å²) in [6, 6.07) is 9.85. The summed E-state index contributed by atoms with van der Waals surface area (Å²) in [5.74, 6) is 1.38. The van der Waals surface area contributed by atoms with Gasteiger partial charge < -0.3 is 14.8 Å². The van der Waals surface area contributed by atoms with Crippen molar-refractivity contribution in [2.24, 2.45) is 5.92 Å². The molecule has 0 amide bonds. The minimum Gasteiger partial charge on any atom is -0.484 e. The second-order valence-corrected chi connectivity index (χ2v) is 9.26. The van der Waals surface area contributed by atoms with E-state index in [1.165, 1.54) is 12.8 Å². The highest BCUT2D eigenvalue weighted by atomic mass is 16.6. The number of piperidine rings is 1. The minimum atomic E-state index is -0.609. The molecule has 0 radical (unpaired) electrons. The van der Waals surface area contributed by atoms with Gasteiger partial charge in [0, 0.05) is 6.42 Å². The Labute approximate surface area is 185 Å². The number of esters is 1. The number of hydrogen-bond donors (Lipinski definition) is 1. The van der Waals surface area contributed by atoms with Crippen LogP contribution in [0.1, 0.15) is 74.0 Å². The van der Waals surface area contributed by atoms with Crippen LogP contribution >= 0.6 is 0 Å². The van der Waals surface area contributed by atoms with E-state index < -0.39 is 11.6 Å². The summed E-state index contributed by atoms with van der Waals surface area (Å²) in [6.45, 7) is 9.98. The van der Waals surface area contributed by atoms with Crippen molar-refractivity contribution in [3.05, 3.63) is 53.1 Å². The van der Waals surface area contributed by atoms with E-state index in [-0.39, 0.29) is 5.69 Å². The van der Waals surface area contributed by atoms with Gasteiger partial charge in [-0.25, -0.2) is 14.8 Å². The molecule has 0 unspecified atom stereocenters. The smallest absolute Gasteiger partial charge is 0.361 e. The molecule has 1 aromatic heterocycles. The monoisotopic (exact) mass is 425 g/mol. The predicted molar refractivity (Wildman–Crippen MR) is 121 cm³/mol. The highest BCUT2D eigenvalue weighted by Gasteiger charge is 2.25. The fourth-order valence-electron chi connectivity index (χ4n) is 3.82. The number of ether oxygens (including phenoxy) is 2. The van der Waals surface area contributed by atoms with Crippen molar-refractivity contribution >= 4 is 5.97 Å². The quantitative estimate of drug-likeness (QED) is 0.621. The Morgan fingerprint density at radius 3 is 2.52 bits per heavy atom. The van der Waals surface area contributed by atoms with E-state index in [4.69, 9.17) is 9.47 Å². The summed E-state index contributed by atoms with van der Waals surface area (Å²) >= 11 is 0. The molecule has 6 heteroatoms. The second-order valence-electron chi connectivity index (χ2n) is 9.26. The van der Waals surface area contributed by atoms with Crippen LogP contribution in [0.5, 0.6) is 5.75 Å². The van der Waals surface area contributed by atoms with Crippen molar-refractivity contribution in [1.29, 1.82) is 0 Å². The van der Waals surface area contributed by atoms with E-state index >= 15 is 0 Å². The molecule has 3 rings (SSSR count). The van der Waals surface area contributed by atoms with Crippen LogP contribution in [0.2, 0.25) is 0 Å². The number of aryl methyl sites for hydroxylation is 2. The Bertz CT molecular complexity index is 856. The molecule has 0 spiro atoms. The first-order valence-corrected chi connectivity index (χ1v) is 11.3. The van der Waals surface area contributed by atoms with Crippen molar-refractivity contribution in [1.82, 2.24) is 15.3 Å². The van der Waals surface area contributed by atoms with Gasteiger partial charge in [-0.05, 0) is 77.9 Å². The van der Waals surface area contributed by atoms with Gasteiger partial charge in [0.05, 0.1) is 5.69 Å². The van der Waals surface area contributed by atoms with Crippen LogP contribution in [0.25, 0.3) is 0 Å². The van der Waals surface area contributed by atoms with E-state index in [2.05, 4.69) is 15.3 Å². The Hall–Kier alpha value is -2.47. The van der Waals surface area contributed by atoms with Gasteiger partial charge in [-0.15, -0.1) is 0 Å². The number of hydrogen-bond acceptors (Lipinski definition) is 6. The Morgan fingerprint density at radius 1 is 1.13 bits per heavy atom. The molecule has 2 aromatic rings. The van der Waals surface area contributed by atoms with Crippen LogP contribution in [0, 0.1) is 12.8 Å². The summed E-state index contributed by atoms with van der Waals surface area (Å²) < 4.78 is 11.6. The van der Waals surface area contributed by atoms with Crippen LogP contribution < -0.4 is 10.1 Å². The zero-order valence-electron chi connectivity index (χ0n) is 19.2. The molecule has 0 atom stereocenters. The fourth-order valence-corrected chi connectivity index (χ4v) is 3.82. The van der Waals surface area contributed by atoms with Crippen LogP contribution in [0.4, 0.5) is 0 Å². The summed E-state index contributed by atoms with van der Waals surface area (Å²) in [6.07, 6.45) is 5.39. The van der Waals surface area contributed by atoms with Crippen molar-refractivity contribution in [2.75, 3.05) is 13.1 Å². The third kappa shape index (κ3) is 7.31. The number of carbonyl (C=O) groups is 1. The average Bonchev–Trinajstić information content (AvgIpc) is 2.73. The highest BCUT2D eigenvalue weighted by Crippen LogP contribution is 2.26. The molecule has 0 aliphatic carbocycles. The highest BCUT2D eigenvalue weighted by molar-refractivity contribution is 5.90. The van der Waals surface area contributed by atoms with Gasteiger partial charge in [0.1, 0.15) is 18.0 Å². The van der Waals surface area contributed by atoms with Gasteiger partial charge >= 0.3 is 5.97 Å². The van der Waals surface area contributed by atoms with Crippen molar-refractivity contribution in [3.8, 4) is 5.75 Å². The van der Waals surface area contributed by atoms with Gasteiger partial charge in [0.15, 0.2) is 11.4 Å². The van der Waals surface area contributed by atoms with E-state index in [0.29, 0.717) is 23.9 Å². The third-order valence-corrected chi connectivity index (χ3v) is 5.37. The lowest BCUT2D eigenvalue weighted by Crippen LogP contribution is -2.27. The maximum Gasteiger partial charge on any atom is 0.361 e. The van der Waals surface area contributed by atoms with Crippen molar-refractivity contribution < 1.29 is 14.3 Å². The standard InChI is InChI=1S/C25H35N3O3/c1-18-23(30-17-20-9-6-5-7-10-20)22(24(29)31-25(2,3)4)28-21(27-18)12-8-11-19-13-15-26-16-14-19/h5-7,9-10,19,26H,8,11-17H2,1-4H3. The summed E-state index contributed by atoms with van der Waals surface area (Å²) in [5, 5.41) is 3.41. The van der Waals surface area contributed by atoms with Crippen LogP contribution in [-0.4, -0.2) is 34.6 Å². The Balaban J connectivity index is 1.75. The number of benzene rings is 1. The SMILES string of the molecule is Cc1nc(CCCC2CCNCC2)nc(C(=O)OC(C)(C)C)c1OCc1ccccc1. The van der Waals surface area contributed by atoms with E-state index in [1.54, 1.807) is 0 Å². The normalized spacial score (nSPS) is 15.0. The molecule has 1 aromatic carbocycles. The largest absolute Gasteiger partial charge is 0.484 e. The molecule has 31 heavy (non-hydrogen) atoms. The molecule has 2 heterocycles. The van der Waals surface area contributed by atoms with Crippen LogP contribution in [-0.2, 0) is 17.8 Å². The van der Waals surface area contributed by atoms with Gasteiger partial charge in [0.2, 0.25) is 0 Å². The second kappa shape index (κ2) is 10.7. The van der Waals surface area contributed by atoms with E-state index in [9.17, 15) is 4.79 Å². The Kier molecular flexibility index (Phi) is 8.02. The maximum atomic E-state index is 12.9. The number of aromatic nitrogens is 2. The molecule has 1 aliphatic rings.